The summed E-state index contributed by atoms with van der Waals surface area (Å²) < 4.78 is 5.81. The zero-order valence-electron chi connectivity index (χ0n) is 16.4. The zero-order chi connectivity index (χ0) is 18.3. The first kappa shape index (κ1) is 18.8. The Hall–Kier alpha value is -1.55. The van der Waals surface area contributed by atoms with E-state index in [-0.39, 0.29) is 22.9 Å². The number of rotatable bonds is 3. The molecule has 0 aromatic heterocycles. The van der Waals surface area contributed by atoms with E-state index in [0.717, 1.165) is 12.2 Å². The number of likely N-dealkylation sites (N-methyl/N-ethyl adjacent to an activating group) is 1. The molecule has 0 radical (unpaired) electrons. The maximum absolute atomic E-state index is 11.8. The van der Waals surface area contributed by atoms with Gasteiger partial charge in [-0.25, -0.2) is 0 Å². The lowest BCUT2D eigenvalue weighted by atomic mass is 9.78. The minimum absolute atomic E-state index is 0.00776. The number of benzene rings is 1. The largest absolute Gasteiger partial charge is 0.496 e. The number of nitrogens with zero attached hydrogens (tertiary/aromatic N) is 1. The van der Waals surface area contributed by atoms with Crippen LogP contribution in [0.15, 0.2) is 12.1 Å². The maximum Gasteiger partial charge on any atom is 0.237 e. The second-order valence-electron chi connectivity index (χ2n) is 8.83. The van der Waals surface area contributed by atoms with Crippen LogP contribution in [0.2, 0.25) is 0 Å². The number of carbonyl (C=O) groups is 1. The minimum Gasteiger partial charge on any atom is -0.496 e. The maximum atomic E-state index is 11.8. The molecule has 4 nitrogen and oxygen atoms in total. The average Bonchev–Trinajstić information content (AvgIpc) is 2.76. The summed E-state index contributed by atoms with van der Waals surface area (Å²) in [5.41, 5.74) is 3.67. The molecule has 1 aliphatic rings. The first-order valence-electron chi connectivity index (χ1n) is 8.66. The van der Waals surface area contributed by atoms with Crippen LogP contribution in [-0.2, 0) is 22.0 Å². The Morgan fingerprint density at radius 2 is 1.62 bits per heavy atom. The molecule has 134 valence electrons. The molecule has 0 unspecified atom stereocenters. The number of methoxy groups -OCH3 is 1. The molecule has 2 rings (SSSR count). The monoisotopic (exact) mass is 332 g/mol. The molecule has 1 aromatic carbocycles. The van der Waals surface area contributed by atoms with Gasteiger partial charge in [0, 0.05) is 24.6 Å². The Morgan fingerprint density at radius 1 is 1.12 bits per heavy atom. The van der Waals surface area contributed by atoms with Gasteiger partial charge >= 0.3 is 0 Å². The highest BCUT2D eigenvalue weighted by Crippen LogP contribution is 2.40. The summed E-state index contributed by atoms with van der Waals surface area (Å²) in [6, 6.07) is 4.48. The van der Waals surface area contributed by atoms with Crippen LogP contribution in [0, 0.1) is 0 Å². The molecule has 0 bridgehead atoms. The molecule has 1 N–H and O–H groups in total. The predicted octanol–water partition coefficient (Wildman–Crippen LogP) is 3.22. The van der Waals surface area contributed by atoms with Crippen LogP contribution >= 0.6 is 0 Å². The van der Waals surface area contributed by atoms with E-state index < -0.39 is 0 Å². The van der Waals surface area contributed by atoms with E-state index in [1.807, 2.05) is 7.05 Å². The highest BCUT2D eigenvalue weighted by atomic mass is 16.5. The fraction of sp³-hybridized carbons (Fsp3) is 0.650. The molecule has 1 aromatic rings. The molecule has 1 amide bonds. The third kappa shape index (κ3) is 3.75. The molecule has 4 heteroatoms. The molecular formula is C20H32N2O2. The van der Waals surface area contributed by atoms with Crippen molar-refractivity contribution >= 4 is 5.91 Å². The second-order valence-corrected chi connectivity index (χ2v) is 8.83. The number of carbonyl (C=O) groups excluding carboxylic acids is 1. The fourth-order valence-corrected chi connectivity index (χ4v) is 3.21. The summed E-state index contributed by atoms with van der Waals surface area (Å²) in [4.78, 5) is 13.6. The van der Waals surface area contributed by atoms with Gasteiger partial charge in [-0.1, -0.05) is 53.7 Å². The van der Waals surface area contributed by atoms with Crippen molar-refractivity contribution in [1.82, 2.24) is 10.2 Å². The molecular weight excluding hydrogens is 300 g/mol. The number of ether oxygens (including phenoxy) is 1. The number of nitrogens with one attached hydrogen (secondary N) is 1. The molecule has 1 heterocycles. The van der Waals surface area contributed by atoms with Crippen molar-refractivity contribution in [2.24, 2.45) is 0 Å². The first-order valence-corrected chi connectivity index (χ1v) is 8.66. The van der Waals surface area contributed by atoms with Gasteiger partial charge in [0.15, 0.2) is 0 Å². The van der Waals surface area contributed by atoms with Gasteiger partial charge in [0.1, 0.15) is 5.75 Å². The predicted molar refractivity (Wildman–Crippen MR) is 98.7 cm³/mol. The van der Waals surface area contributed by atoms with Crippen LogP contribution in [0.25, 0.3) is 0 Å². The van der Waals surface area contributed by atoms with Gasteiger partial charge in [-0.15, -0.1) is 0 Å². The third-order valence-corrected chi connectivity index (χ3v) is 4.75. The summed E-state index contributed by atoms with van der Waals surface area (Å²) in [6.07, 6.45) is 0.866. The van der Waals surface area contributed by atoms with Gasteiger partial charge in [0.05, 0.1) is 19.8 Å². The van der Waals surface area contributed by atoms with E-state index in [1.54, 1.807) is 12.0 Å². The van der Waals surface area contributed by atoms with Crippen LogP contribution in [0.3, 0.4) is 0 Å². The normalized spacial score (nSPS) is 19.1. The van der Waals surface area contributed by atoms with Gasteiger partial charge in [-0.2, -0.15) is 0 Å². The van der Waals surface area contributed by atoms with E-state index in [2.05, 4.69) is 59.0 Å². The summed E-state index contributed by atoms with van der Waals surface area (Å²) in [5, 5.41) is 3.29. The quantitative estimate of drug-likeness (QED) is 0.924. The van der Waals surface area contributed by atoms with Crippen LogP contribution in [0.4, 0.5) is 0 Å². The highest BCUT2D eigenvalue weighted by molar-refractivity contribution is 5.80. The van der Waals surface area contributed by atoms with Gasteiger partial charge < -0.3 is 9.64 Å². The van der Waals surface area contributed by atoms with Crippen molar-refractivity contribution in [2.75, 3.05) is 20.7 Å². The van der Waals surface area contributed by atoms with Crippen molar-refractivity contribution in [3.8, 4) is 5.75 Å². The van der Waals surface area contributed by atoms with Gasteiger partial charge in [0.2, 0.25) is 5.91 Å². The molecule has 1 fully saturated rings. The Balaban J connectivity index is 2.51. The molecule has 1 saturated heterocycles. The van der Waals surface area contributed by atoms with Crippen molar-refractivity contribution in [1.29, 1.82) is 0 Å². The van der Waals surface area contributed by atoms with Crippen molar-refractivity contribution < 1.29 is 9.53 Å². The number of hydrogen-bond acceptors (Lipinski definition) is 3. The fourth-order valence-electron chi connectivity index (χ4n) is 3.21. The van der Waals surface area contributed by atoms with Gasteiger partial charge in [-0.05, 0) is 16.4 Å². The smallest absolute Gasteiger partial charge is 0.237 e. The molecule has 1 aliphatic heterocycles. The van der Waals surface area contributed by atoms with E-state index in [4.69, 9.17) is 4.74 Å². The number of hydrogen-bond donors (Lipinski definition) is 1. The molecule has 24 heavy (non-hydrogen) atoms. The highest BCUT2D eigenvalue weighted by Gasteiger charge is 2.30. The van der Waals surface area contributed by atoms with Crippen molar-refractivity contribution in [3.63, 3.8) is 0 Å². The Labute approximate surface area is 146 Å². The van der Waals surface area contributed by atoms with E-state index in [0.29, 0.717) is 6.54 Å². The van der Waals surface area contributed by atoms with Crippen LogP contribution in [-0.4, -0.2) is 37.7 Å². The van der Waals surface area contributed by atoms with Crippen LogP contribution in [0.5, 0.6) is 5.75 Å². The third-order valence-electron chi connectivity index (χ3n) is 4.75. The minimum atomic E-state index is -0.00776. The van der Waals surface area contributed by atoms with E-state index >= 15 is 0 Å². The molecule has 0 spiro atoms. The first-order chi connectivity index (χ1) is 10.9. The lowest BCUT2D eigenvalue weighted by molar-refractivity contribution is -0.126. The average molecular weight is 332 g/mol. The van der Waals surface area contributed by atoms with Crippen LogP contribution in [0.1, 0.15) is 58.2 Å². The zero-order valence-corrected chi connectivity index (χ0v) is 16.4. The lowest BCUT2D eigenvalue weighted by Crippen LogP contribution is -2.36. The second kappa shape index (κ2) is 6.40. The van der Waals surface area contributed by atoms with E-state index in [9.17, 15) is 4.79 Å². The molecule has 0 aliphatic carbocycles. The topological polar surface area (TPSA) is 41.6 Å². The Bertz CT molecular complexity index is 589. The molecule has 0 saturated carbocycles. The SMILES string of the molecule is COc1c(C(C)(C)C)cc(C[C@@H]2NCC(=O)N2C)cc1C(C)(C)C. The summed E-state index contributed by atoms with van der Waals surface area (Å²) in [7, 11) is 3.62. The van der Waals surface area contributed by atoms with Gasteiger partial charge in [-0.3, -0.25) is 10.1 Å². The Kier molecular flexibility index (Phi) is 5.01. The summed E-state index contributed by atoms with van der Waals surface area (Å²) >= 11 is 0. The summed E-state index contributed by atoms with van der Waals surface area (Å²) in [6.45, 7) is 13.7. The number of amides is 1. The van der Waals surface area contributed by atoms with Crippen molar-refractivity contribution in [3.05, 3.63) is 28.8 Å². The summed E-state index contributed by atoms with van der Waals surface area (Å²) in [5.74, 6) is 1.14. The van der Waals surface area contributed by atoms with E-state index in [1.165, 1.54) is 16.7 Å². The lowest BCUT2D eigenvalue weighted by Gasteiger charge is -2.30. The molecule has 1 atom stereocenters. The van der Waals surface area contributed by atoms with Crippen LogP contribution < -0.4 is 10.1 Å². The standard InChI is InChI=1S/C20H32N2O2/c1-19(2,3)14-9-13(11-16-21-12-17(23)22(16)7)10-15(18(14)24-8)20(4,5)6/h9-10,16,21H,11-12H2,1-8H3/t16-/m1/s1. The van der Waals surface area contributed by atoms with Crippen molar-refractivity contribution in [2.45, 2.75) is 65.0 Å². The Morgan fingerprint density at radius 3 is 1.96 bits per heavy atom. The van der Waals surface area contributed by atoms with Gasteiger partial charge in [0.25, 0.3) is 0 Å².